The fourth-order valence-corrected chi connectivity index (χ4v) is 4.24. The number of pyridine rings is 2. The van der Waals surface area contributed by atoms with Crippen LogP contribution in [0.15, 0.2) is 70.9 Å². The first-order chi connectivity index (χ1) is 14.8. The predicted octanol–water partition coefficient (Wildman–Crippen LogP) is 5.33. The van der Waals surface area contributed by atoms with Gasteiger partial charge in [0.2, 0.25) is 0 Å². The minimum Gasteiger partial charge on any atom is -0.463 e. The number of rotatable bonds is 6. The molecule has 5 nitrogen and oxygen atoms in total. The van der Waals surface area contributed by atoms with E-state index in [2.05, 4.69) is 9.97 Å². The molecule has 0 aliphatic carbocycles. The first-order valence-corrected chi connectivity index (χ1v) is 11.0. The number of halogens is 2. The molecule has 1 N–H and O–H groups in total. The van der Waals surface area contributed by atoms with Gasteiger partial charge in [-0.3, -0.25) is 4.98 Å². The molecule has 1 aliphatic heterocycles. The second-order valence-electron chi connectivity index (χ2n) is 7.73. The van der Waals surface area contributed by atoms with Crippen molar-refractivity contribution < 1.29 is 14.2 Å². The second-order valence-corrected chi connectivity index (χ2v) is 9.28. The summed E-state index contributed by atoms with van der Waals surface area (Å²) in [6, 6.07) is 13.3. The Morgan fingerprint density at radius 2 is 1.84 bits per heavy atom. The van der Waals surface area contributed by atoms with Crippen molar-refractivity contribution in [1.82, 2.24) is 9.97 Å². The normalized spacial score (nSPS) is 18.5. The fraction of sp³-hybridized carbons (Fsp3) is 0.261. The van der Waals surface area contributed by atoms with Crippen molar-refractivity contribution in [3.05, 3.63) is 88.6 Å². The van der Waals surface area contributed by atoms with Gasteiger partial charge in [-0.25, -0.2) is 14.4 Å². The zero-order valence-corrected chi connectivity index (χ0v) is 18.6. The van der Waals surface area contributed by atoms with Crippen molar-refractivity contribution >= 4 is 29.3 Å². The molecular formula is C23H21ClFN3O2S. The van der Waals surface area contributed by atoms with Gasteiger partial charge in [0, 0.05) is 18.8 Å². The molecule has 2 aromatic heterocycles. The van der Waals surface area contributed by atoms with Crippen LogP contribution in [-0.4, -0.2) is 26.4 Å². The Hall–Kier alpha value is -2.48. The molecule has 2 atom stereocenters. The van der Waals surface area contributed by atoms with Crippen LogP contribution in [0.25, 0.3) is 0 Å². The summed E-state index contributed by atoms with van der Waals surface area (Å²) in [5.41, 5.74) is 0.981. The van der Waals surface area contributed by atoms with Crippen LogP contribution in [0, 0.1) is 5.82 Å². The van der Waals surface area contributed by atoms with Gasteiger partial charge in [0.1, 0.15) is 17.5 Å². The molecule has 3 heterocycles. The van der Waals surface area contributed by atoms with E-state index in [4.69, 9.17) is 21.3 Å². The molecule has 0 fully saturated rings. The SMILES string of the molecule is CC(C)(O)c1ccc(C2N=C(Cc3ccc(F)cc3)OC2Sc2ccc(Cl)cn2)cn1. The smallest absolute Gasteiger partial charge is 0.190 e. The molecule has 31 heavy (non-hydrogen) atoms. The van der Waals surface area contributed by atoms with Crippen molar-refractivity contribution in [2.24, 2.45) is 4.99 Å². The van der Waals surface area contributed by atoms with Crippen molar-refractivity contribution in [2.45, 2.75) is 42.4 Å². The van der Waals surface area contributed by atoms with E-state index < -0.39 is 5.60 Å². The summed E-state index contributed by atoms with van der Waals surface area (Å²) in [5, 5.41) is 11.5. The molecular weight excluding hydrogens is 437 g/mol. The van der Waals surface area contributed by atoms with E-state index in [9.17, 15) is 9.50 Å². The number of ether oxygens (including phenoxy) is 1. The first-order valence-electron chi connectivity index (χ1n) is 9.73. The maximum absolute atomic E-state index is 13.2. The molecule has 0 saturated heterocycles. The zero-order chi connectivity index (χ0) is 22.0. The van der Waals surface area contributed by atoms with Gasteiger partial charge in [0.15, 0.2) is 11.3 Å². The molecule has 2 unspecified atom stereocenters. The van der Waals surface area contributed by atoms with E-state index in [1.165, 1.54) is 23.9 Å². The van der Waals surface area contributed by atoms with Gasteiger partial charge in [-0.15, -0.1) is 0 Å². The largest absolute Gasteiger partial charge is 0.463 e. The van der Waals surface area contributed by atoms with Gasteiger partial charge in [-0.05, 0) is 55.3 Å². The fourth-order valence-electron chi connectivity index (χ4n) is 3.12. The molecule has 0 spiro atoms. The summed E-state index contributed by atoms with van der Waals surface area (Å²) in [6.07, 6.45) is 3.76. The molecule has 0 amide bonds. The lowest BCUT2D eigenvalue weighted by molar-refractivity contribution is 0.0738. The lowest BCUT2D eigenvalue weighted by Crippen LogP contribution is -2.18. The molecule has 0 radical (unpaired) electrons. The van der Waals surface area contributed by atoms with Crippen LogP contribution in [0.1, 0.15) is 36.7 Å². The molecule has 0 saturated carbocycles. The lowest BCUT2D eigenvalue weighted by Gasteiger charge is -2.19. The third kappa shape index (κ3) is 5.42. The maximum atomic E-state index is 13.2. The Bertz CT molecular complexity index is 1070. The Morgan fingerprint density at radius 3 is 2.45 bits per heavy atom. The van der Waals surface area contributed by atoms with Crippen LogP contribution in [0.4, 0.5) is 4.39 Å². The van der Waals surface area contributed by atoms with Gasteiger partial charge >= 0.3 is 0 Å². The number of aliphatic hydroxyl groups is 1. The molecule has 1 aromatic carbocycles. The first kappa shape index (κ1) is 21.7. The summed E-state index contributed by atoms with van der Waals surface area (Å²) < 4.78 is 19.4. The number of nitrogens with zero attached hydrogens (tertiary/aromatic N) is 3. The summed E-state index contributed by atoms with van der Waals surface area (Å²) in [7, 11) is 0. The lowest BCUT2D eigenvalue weighted by atomic mass is 10.0. The molecule has 8 heteroatoms. The van der Waals surface area contributed by atoms with Crippen LogP contribution in [-0.2, 0) is 16.8 Å². The van der Waals surface area contributed by atoms with E-state index in [0.717, 1.165) is 16.2 Å². The molecule has 4 rings (SSSR count). The number of aromatic nitrogens is 2. The highest BCUT2D eigenvalue weighted by Gasteiger charge is 2.34. The highest BCUT2D eigenvalue weighted by atomic mass is 35.5. The topological polar surface area (TPSA) is 67.6 Å². The standard InChI is InChI=1S/C23H21ClFN3O2S/c1-23(2,29)18-9-5-15(12-26-18)21-22(31-20-10-6-16(24)13-27-20)30-19(28-21)11-14-3-7-17(25)8-4-14/h3-10,12-13,21-22,29H,11H2,1-2H3. The van der Waals surface area contributed by atoms with Crippen molar-refractivity contribution in [3.8, 4) is 0 Å². The van der Waals surface area contributed by atoms with E-state index in [1.54, 1.807) is 50.5 Å². The summed E-state index contributed by atoms with van der Waals surface area (Å²) >= 11 is 7.39. The Labute approximate surface area is 189 Å². The Balaban J connectivity index is 1.59. The van der Waals surface area contributed by atoms with Gasteiger partial charge in [-0.1, -0.05) is 41.6 Å². The number of hydrogen-bond donors (Lipinski definition) is 1. The molecule has 160 valence electrons. The molecule has 0 bridgehead atoms. The Kier molecular flexibility index (Phi) is 6.27. The average Bonchev–Trinajstić information content (AvgIpc) is 3.13. The van der Waals surface area contributed by atoms with E-state index in [1.807, 2.05) is 12.1 Å². The minimum atomic E-state index is -1.02. The number of aliphatic imine (C=N–C) groups is 1. The van der Waals surface area contributed by atoms with Crippen LogP contribution in [0.5, 0.6) is 0 Å². The zero-order valence-electron chi connectivity index (χ0n) is 17.0. The predicted molar refractivity (Wildman–Crippen MR) is 120 cm³/mol. The third-order valence-corrected chi connectivity index (χ3v) is 6.05. The van der Waals surface area contributed by atoms with Crippen LogP contribution < -0.4 is 0 Å². The minimum absolute atomic E-state index is 0.281. The highest BCUT2D eigenvalue weighted by Crippen LogP contribution is 2.39. The van der Waals surface area contributed by atoms with Crippen LogP contribution >= 0.6 is 23.4 Å². The van der Waals surface area contributed by atoms with Crippen molar-refractivity contribution in [3.63, 3.8) is 0 Å². The summed E-state index contributed by atoms with van der Waals surface area (Å²) in [5.74, 6) is 0.283. The summed E-state index contributed by atoms with van der Waals surface area (Å²) in [4.78, 5) is 13.5. The van der Waals surface area contributed by atoms with Crippen molar-refractivity contribution in [1.29, 1.82) is 0 Å². The number of hydrogen-bond acceptors (Lipinski definition) is 6. The maximum Gasteiger partial charge on any atom is 0.190 e. The molecule has 1 aliphatic rings. The van der Waals surface area contributed by atoms with Gasteiger partial charge in [-0.2, -0.15) is 0 Å². The van der Waals surface area contributed by atoms with E-state index in [-0.39, 0.29) is 17.3 Å². The van der Waals surface area contributed by atoms with E-state index in [0.29, 0.717) is 23.0 Å². The number of thioether (sulfide) groups is 1. The Morgan fingerprint density at radius 1 is 1.06 bits per heavy atom. The third-order valence-electron chi connectivity index (χ3n) is 4.75. The quantitative estimate of drug-likeness (QED) is 0.542. The highest BCUT2D eigenvalue weighted by molar-refractivity contribution is 7.99. The monoisotopic (exact) mass is 457 g/mol. The average molecular weight is 458 g/mol. The van der Waals surface area contributed by atoms with Gasteiger partial charge in [0.05, 0.1) is 15.7 Å². The summed E-state index contributed by atoms with van der Waals surface area (Å²) in [6.45, 7) is 3.38. The van der Waals surface area contributed by atoms with Gasteiger partial charge < -0.3 is 9.84 Å². The second kappa shape index (κ2) is 8.94. The molecule has 3 aromatic rings. The van der Waals surface area contributed by atoms with E-state index >= 15 is 0 Å². The number of benzene rings is 1. The van der Waals surface area contributed by atoms with Crippen LogP contribution in [0.3, 0.4) is 0 Å². The van der Waals surface area contributed by atoms with Crippen LogP contribution in [0.2, 0.25) is 5.02 Å². The van der Waals surface area contributed by atoms with Crippen molar-refractivity contribution in [2.75, 3.05) is 0 Å². The van der Waals surface area contributed by atoms with Gasteiger partial charge in [0.25, 0.3) is 0 Å².